The fraction of sp³-hybridized carbons (Fsp3) is 0.278. The van der Waals surface area contributed by atoms with E-state index in [9.17, 15) is 13.2 Å². The fourth-order valence-electron chi connectivity index (χ4n) is 2.21. The number of carbonyl (C=O) groups excluding carboxylic acids is 1. The number of hydrogen-bond acceptors (Lipinski definition) is 4. The molecule has 2 aromatic carbocycles. The van der Waals surface area contributed by atoms with Gasteiger partial charge in [-0.15, -0.1) is 0 Å². The molecule has 0 aliphatic rings. The van der Waals surface area contributed by atoms with Gasteiger partial charge < -0.3 is 10.6 Å². The van der Waals surface area contributed by atoms with Crippen molar-refractivity contribution in [1.82, 2.24) is 4.31 Å². The van der Waals surface area contributed by atoms with Crippen molar-refractivity contribution in [3.8, 4) is 0 Å². The molecule has 0 bridgehead atoms. The van der Waals surface area contributed by atoms with Crippen LogP contribution in [0.3, 0.4) is 0 Å². The summed E-state index contributed by atoms with van der Waals surface area (Å²) in [5.74, 6) is -0.276. The van der Waals surface area contributed by atoms with Gasteiger partial charge in [0.25, 0.3) is 0 Å². The Morgan fingerprint density at radius 3 is 2.31 bits per heavy atom. The lowest BCUT2D eigenvalue weighted by Crippen LogP contribution is -2.32. The Kier molecular flexibility index (Phi) is 6.28. The highest BCUT2D eigenvalue weighted by Crippen LogP contribution is 2.22. The molecule has 1 amide bonds. The van der Waals surface area contributed by atoms with E-state index < -0.39 is 16.1 Å². The predicted octanol–water partition coefficient (Wildman–Crippen LogP) is 3.34. The summed E-state index contributed by atoms with van der Waals surface area (Å²) < 4.78 is 25.7. The molecule has 140 valence electrons. The third-order valence-corrected chi connectivity index (χ3v) is 5.93. The maximum absolute atomic E-state index is 12.5. The monoisotopic (exact) mass is 395 g/mol. The van der Waals surface area contributed by atoms with Crippen molar-refractivity contribution in [2.75, 3.05) is 24.7 Å². The molecule has 2 rings (SSSR count). The Balaban J connectivity index is 2.16. The number of sulfonamides is 1. The molecule has 0 radical (unpaired) electrons. The molecule has 1 unspecified atom stereocenters. The molecule has 26 heavy (non-hydrogen) atoms. The van der Waals surface area contributed by atoms with Crippen molar-refractivity contribution < 1.29 is 13.2 Å². The van der Waals surface area contributed by atoms with Crippen molar-refractivity contribution in [2.24, 2.45) is 0 Å². The number of carbonyl (C=O) groups is 1. The molecule has 0 saturated heterocycles. The van der Waals surface area contributed by atoms with E-state index in [0.717, 1.165) is 15.6 Å². The van der Waals surface area contributed by atoms with Gasteiger partial charge in [0.15, 0.2) is 0 Å². The standard InChI is InChI=1S/C18H22ClN3O3S/c1-12-5-10-16(26(24,25)22(3)4)11-17(12)21-18(23)13(2)20-15-8-6-14(19)7-9-15/h5-11,13,20H,1-4H3,(H,21,23). The lowest BCUT2D eigenvalue weighted by atomic mass is 10.2. The van der Waals surface area contributed by atoms with Crippen LogP contribution in [-0.2, 0) is 14.8 Å². The molecule has 0 fully saturated rings. The molecule has 2 N–H and O–H groups in total. The largest absolute Gasteiger partial charge is 0.374 e. The van der Waals surface area contributed by atoms with Gasteiger partial charge in [-0.1, -0.05) is 17.7 Å². The Bertz CT molecular complexity index is 896. The first-order valence-corrected chi connectivity index (χ1v) is 9.79. The van der Waals surface area contributed by atoms with Crippen LogP contribution in [0.5, 0.6) is 0 Å². The zero-order valence-corrected chi connectivity index (χ0v) is 16.6. The van der Waals surface area contributed by atoms with E-state index >= 15 is 0 Å². The van der Waals surface area contributed by atoms with Gasteiger partial charge in [-0.05, 0) is 55.8 Å². The SMILES string of the molecule is Cc1ccc(S(=O)(=O)N(C)C)cc1NC(=O)C(C)Nc1ccc(Cl)cc1. The van der Waals surface area contributed by atoms with Crippen LogP contribution >= 0.6 is 11.6 Å². The van der Waals surface area contributed by atoms with Crippen LogP contribution in [0, 0.1) is 6.92 Å². The van der Waals surface area contributed by atoms with Gasteiger partial charge >= 0.3 is 0 Å². The van der Waals surface area contributed by atoms with E-state index in [1.54, 1.807) is 44.2 Å². The number of nitrogens with zero attached hydrogens (tertiary/aromatic N) is 1. The Hall–Kier alpha value is -2.09. The van der Waals surface area contributed by atoms with E-state index in [2.05, 4.69) is 10.6 Å². The minimum Gasteiger partial charge on any atom is -0.374 e. The highest BCUT2D eigenvalue weighted by atomic mass is 35.5. The van der Waals surface area contributed by atoms with Crippen molar-refractivity contribution in [1.29, 1.82) is 0 Å². The molecule has 0 heterocycles. The van der Waals surface area contributed by atoms with Gasteiger partial charge in [-0.2, -0.15) is 0 Å². The topological polar surface area (TPSA) is 78.5 Å². The maximum atomic E-state index is 12.5. The van der Waals surface area contributed by atoms with Crippen LogP contribution < -0.4 is 10.6 Å². The number of amides is 1. The van der Waals surface area contributed by atoms with E-state index in [4.69, 9.17) is 11.6 Å². The van der Waals surface area contributed by atoms with Gasteiger partial charge in [0.2, 0.25) is 15.9 Å². The van der Waals surface area contributed by atoms with Crippen molar-refractivity contribution >= 4 is 38.9 Å². The van der Waals surface area contributed by atoms with E-state index in [-0.39, 0.29) is 10.8 Å². The van der Waals surface area contributed by atoms with E-state index in [1.165, 1.54) is 26.2 Å². The van der Waals surface area contributed by atoms with Crippen LogP contribution in [0.15, 0.2) is 47.4 Å². The zero-order chi connectivity index (χ0) is 19.5. The predicted molar refractivity (Wildman–Crippen MR) is 105 cm³/mol. The number of benzene rings is 2. The number of aryl methyl sites for hydroxylation is 1. The number of anilines is 2. The summed E-state index contributed by atoms with van der Waals surface area (Å²) in [6.45, 7) is 3.53. The molecular weight excluding hydrogens is 374 g/mol. The van der Waals surface area contributed by atoms with Crippen LogP contribution in [-0.4, -0.2) is 38.8 Å². The average molecular weight is 396 g/mol. The summed E-state index contributed by atoms with van der Waals surface area (Å²) >= 11 is 5.85. The molecule has 0 spiro atoms. The van der Waals surface area contributed by atoms with Gasteiger partial charge in [0.05, 0.1) is 4.90 Å². The van der Waals surface area contributed by atoms with E-state index in [0.29, 0.717) is 10.7 Å². The second kappa shape index (κ2) is 8.07. The zero-order valence-electron chi connectivity index (χ0n) is 15.1. The normalized spacial score (nSPS) is 12.7. The Morgan fingerprint density at radius 2 is 1.73 bits per heavy atom. The summed E-state index contributed by atoms with van der Waals surface area (Å²) in [7, 11) is -0.643. The van der Waals surface area contributed by atoms with Crippen molar-refractivity contribution in [2.45, 2.75) is 24.8 Å². The number of rotatable bonds is 6. The van der Waals surface area contributed by atoms with Gasteiger partial charge in [-0.25, -0.2) is 12.7 Å². The lowest BCUT2D eigenvalue weighted by molar-refractivity contribution is -0.116. The minimum atomic E-state index is -3.57. The first-order valence-electron chi connectivity index (χ1n) is 7.97. The summed E-state index contributed by atoms with van der Waals surface area (Å²) in [5.41, 5.74) is 2.00. The molecule has 8 heteroatoms. The first kappa shape index (κ1) is 20.2. The van der Waals surface area contributed by atoms with Gasteiger partial charge in [-0.3, -0.25) is 4.79 Å². The molecule has 0 saturated carbocycles. The Labute approximate surface area is 159 Å². The van der Waals surface area contributed by atoms with Crippen molar-refractivity contribution in [3.05, 3.63) is 53.1 Å². The molecular formula is C18H22ClN3O3S. The number of hydrogen-bond donors (Lipinski definition) is 2. The summed E-state index contributed by atoms with van der Waals surface area (Å²) in [4.78, 5) is 12.6. The molecule has 2 aromatic rings. The van der Waals surface area contributed by atoms with Gasteiger partial charge in [0, 0.05) is 30.5 Å². The minimum absolute atomic E-state index is 0.127. The summed E-state index contributed by atoms with van der Waals surface area (Å²) in [6.07, 6.45) is 0. The van der Waals surface area contributed by atoms with E-state index in [1.807, 2.05) is 0 Å². The second-order valence-electron chi connectivity index (χ2n) is 6.13. The third-order valence-electron chi connectivity index (χ3n) is 3.87. The molecule has 6 nitrogen and oxygen atoms in total. The highest BCUT2D eigenvalue weighted by Gasteiger charge is 2.20. The fourth-order valence-corrected chi connectivity index (χ4v) is 3.26. The van der Waals surface area contributed by atoms with Crippen LogP contribution in [0.2, 0.25) is 5.02 Å². The quantitative estimate of drug-likeness (QED) is 0.786. The first-order chi connectivity index (χ1) is 12.1. The van der Waals surface area contributed by atoms with Crippen molar-refractivity contribution in [3.63, 3.8) is 0 Å². The maximum Gasteiger partial charge on any atom is 0.246 e. The molecule has 1 atom stereocenters. The van der Waals surface area contributed by atoms with Crippen LogP contribution in [0.1, 0.15) is 12.5 Å². The Morgan fingerprint density at radius 1 is 1.12 bits per heavy atom. The average Bonchev–Trinajstić information content (AvgIpc) is 2.58. The molecule has 0 aromatic heterocycles. The third kappa shape index (κ3) is 4.75. The summed E-state index contributed by atoms with van der Waals surface area (Å²) in [5, 5.41) is 6.47. The van der Waals surface area contributed by atoms with Crippen LogP contribution in [0.25, 0.3) is 0 Å². The lowest BCUT2D eigenvalue weighted by Gasteiger charge is -2.18. The van der Waals surface area contributed by atoms with Gasteiger partial charge in [0.1, 0.15) is 6.04 Å². The smallest absolute Gasteiger partial charge is 0.246 e. The number of halogens is 1. The molecule has 0 aliphatic heterocycles. The van der Waals surface area contributed by atoms with Crippen LogP contribution in [0.4, 0.5) is 11.4 Å². The highest BCUT2D eigenvalue weighted by molar-refractivity contribution is 7.89. The summed E-state index contributed by atoms with van der Waals surface area (Å²) in [6, 6.07) is 11.2. The number of nitrogens with one attached hydrogen (secondary N) is 2. The second-order valence-corrected chi connectivity index (χ2v) is 8.71. The molecule has 0 aliphatic carbocycles.